The number of fused-ring (bicyclic) bond motifs is 6. The molecule has 11 rings (SSSR count). The van der Waals surface area contributed by atoms with Crippen LogP contribution in [-0.4, -0.2) is 19.5 Å². The Kier molecular flexibility index (Phi) is 7.42. The molecule has 0 aliphatic heterocycles. The van der Waals surface area contributed by atoms with Crippen molar-refractivity contribution in [2.24, 2.45) is 0 Å². The molecule has 0 radical (unpaired) electrons. The van der Waals surface area contributed by atoms with Gasteiger partial charge >= 0.3 is 0 Å². The minimum Gasteiger partial charge on any atom is -0.455 e. The number of nitrogens with zero attached hydrogens (tertiary/aromatic N) is 4. The molecule has 11 aromatic rings. The average Bonchev–Trinajstić information content (AvgIpc) is 3.83. The van der Waals surface area contributed by atoms with E-state index >= 15 is 0 Å². The Morgan fingerprint density at radius 1 is 0.357 bits per heavy atom. The SMILES string of the molecule is c1ccc(-c2cccc(-c3nc(-c4ccccc4)nc(-c4cccc5c6ccccc6n(-c6ccc7oc8c(-c9ccccc9)cccc8c7c6)c45)n3)c2)cc1. The lowest BCUT2D eigenvalue weighted by molar-refractivity contribution is 0.670. The normalized spacial score (nSPS) is 11.6. The maximum absolute atomic E-state index is 6.59. The Labute approximate surface area is 322 Å². The molecule has 8 aromatic carbocycles. The molecule has 0 amide bonds. The summed E-state index contributed by atoms with van der Waals surface area (Å²) < 4.78 is 8.94. The molecule has 0 fully saturated rings. The van der Waals surface area contributed by atoms with E-state index in [-0.39, 0.29) is 0 Å². The minimum absolute atomic E-state index is 0.607. The van der Waals surface area contributed by atoms with Gasteiger partial charge in [-0.1, -0.05) is 158 Å². The van der Waals surface area contributed by atoms with E-state index in [1.54, 1.807) is 0 Å². The molecule has 3 aromatic heterocycles. The zero-order chi connectivity index (χ0) is 37.0. The van der Waals surface area contributed by atoms with E-state index in [0.717, 1.165) is 88.4 Å². The van der Waals surface area contributed by atoms with E-state index < -0.39 is 0 Å². The van der Waals surface area contributed by atoms with Crippen LogP contribution in [0.4, 0.5) is 0 Å². The molecule has 0 saturated heterocycles. The summed E-state index contributed by atoms with van der Waals surface area (Å²) in [5.74, 6) is 1.85. The second kappa shape index (κ2) is 13.0. The van der Waals surface area contributed by atoms with E-state index in [1.165, 1.54) is 0 Å². The fourth-order valence-electron chi connectivity index (χ4n) is 8.05. The van der Waals surface area contributed by atoms with Gasteiger partial charge in [-0.25, -0.2) is 15.0 Å². The molecule has 5 nitrogen and oxygen atoms in total. The maximum atomic E-state index is 6.59. The fraction of sp³-hybridized carbons (Fsp3) is 0. The number of para-hydroxylation sites is 3. The number of rotatable bonds is 6. The molecule has 0 aliphatic rings. The van der Waals surface area contributed by atoms with Crippen molar-refractivity contribution in [3.05, 3.63) is 194 Å². The van der Waals surface area contributed by atoms with Gasteiger partial charge in [-0.2, -0.15) is 0 Å². The minimum atomic E-state index is 0.607. The van der Waals surface area contributed by atoms with Crippen LogP contribution in [0.5, 0.6) is 0 Å². The van der Waals surface area contributed by atoms with Crippen LogP contribution in [0, 0.1) is 0 Å². The zero-order valence-electron chi connectivity index (χ0n) is 30.2. The molecular weight excluding hydrogens is 685 g/mol. The van der Waals surface area contributed by atoms with Gasteiger partial charge in [-0.15, -0.1) is 0 Å². The monoisotopic (exact) mass is 716 g/mol. The molecule has 0 saturated carbocycles. The number of hydrogen-bond donors (Lipinski definition) is 0. The summed E-state index contributed by atoms with van der Waals surface area (Å²) in [6.45, 7) is 0. The van der Waals surface area contributed by atoms with Crippen LogP contribution >= 0.6 is 0 Å². The first-order valence-corrected chi connectivity index (χ1v) is 18.8. The summed E-state index contributed by atoms with van der Waals surface area (Å²) in [4.78, 5) is 15.5. The van der Waals surface area contributed by atoms with Crippen molar-refractivity contribution in [3.63, 3.8) is 0 Å². The highest BCUT2D eigenvalue weighted by Gasteiger charge is 2.21. The van der Waals surface area contributed by atoms with E-state index in [0.29, 0.717) is 17.5 Å². The molecule has 3 heterocycles. The van der Waals surface area contributed by atoms with Crippen molar-refractivity contribution < 1.29 is 4.42 Å². The average molecular weight is 717 g/mol. The van der Waals surface area contributed by atoms with Crippen LogP contribution < -0.4 is 0 Å². The van der Waals surface area contributed by atoms with Gasteiger partial charge in [0.25, 0.3) is 0 Å². The van der Waals surface area contributed by atoms with Crippen LogP contribution in [0.2, 0.25) is 0 Å². The Morgan fingerprint density at radius 3 is 1.71 bits per heavy atom. The van der Waals surface area contributed by atoms with Gasteiger partial charge in [0.1, 0.15) is 11.2 Å². The first-order valence-electron chi connectivity index (χ1n) is 18.8. The largest absolute Gasteiger partial charge is 0.455 e. The van der Waals surface area contributed by atoms with E-state index in [4.69, 9.17) is 19.4 Å². The molecular formula is C51H32N4O. The van der Waals surface area contributed by atoms with Gasteiger partial charge in [-0.05, 0) is 53.1 Å². The van der Waals surface area contributed by atoms with E-state index in [2.05, 4.69) is 168 Å². The summed E-state index contributed by atoms with van der Waals surface area (Å²) in [6, 6.07) is 67.3. The van der Waals surface area contributed by atoms with Crippen LogP contribution in [0.25, 0.3) is 106 Å². The highest BCUT2D eigenvalue weighted by molar-refractivity contribution is 6.14. The summed E-state index contributed by atoms with van der Waals surface area (Å²) in [6.07, 6.45) is 0. The first-order chi connectivity index (χ1) is 27.8. The number of benzene rings is 8. The Morgan fingerprint density at radius 2 is 0.929 bits per heavy atom. The Hall–Kier alpha value is -7.63. The molecule has 56 heavy (non-hydrogen) atoms. The predicted octanol–water partition coefficient (Wildman–Crippen LogP) is 13.2. The lowest BCUT2D eigenvalue weighted by Gasteiger charge is -2.13. The molecule has 0 aliphatic carbocycles. The second-order valence-corrected chi connectivity index (χ2v) is 14.0. The third-order valence-corrected chi connectivity index (χ3v) is 10.7. The van der Waals surface area contributed by atoms with Crippen molar-refractivity contribution in [2.75, 3.05) is 0 Å². The first kappa shape index (κ1) is 31.9. The molecule has 0 N–H and O–H groups in total. The second-order valence-electron chi connectivity index (χ2n) is 14.0. The Bertz CT molecular complexity index is 3240. The van der Waals surface area contributed by atoms with Gasteiger partial charge in [-0.3, -0.25) is 0 Å². The van der Waals surface area contributed by atoms with Gasteiger partial charge < -0.3 is 8.98 Å². The van der Waals surface area contributed by atoms with Gasteiger partial charge in [0, 0.05) is 49.5 Å². The van der Waals surface area contributed by atoms with Crippen molar-refractivity contribution in [1.82, 2.24) is 19.5 Å². The summed E-state index contributed by atoms with van der Waals surface area (Å²) in [5, 5.41) is 4.42. The zero-order valence-corrected chi connectivity index (χ0v) is 30.2. The van der Waals surface area contributed by atoms with Crippen LogP contribution in [0.3, 0.4) is 0 Å². The highest BCUT2D eigenvalue weighted by atomic mass is 16.3. The quantitative estimate of drug-likeness (QED) is 0.172. The molecule has 0 bridgehead atoms. The summed E-state index contributed by atoms with van der Waals surface area (Å²) in [5.41, 5.74) is 12.1. The van der Waals surface area contributed by atoms with Crippen LogP contribution in [-0.2, 0) is 0 Å². The maximum Gasteiger partial charge on any atom is 0.166 e. The smallest absolute Gasteiger partial charge is 0.166 e. The molecule has 5 heteroatoms. The van der Waals surface area contributed by atoms with Crippen LogP contribution in [0.1, 0.15) is 0 Å². The van der Waals surface area contributed by atoms with E-state index in [1.807, 2.05) is 30.3 Å². The van der Waals surface area contributed by atoms with Crippen molar-refractivity contribution in [1.29, 1.82) is 0 Å². The number of furan rings is 1. The highest BCUT2D eigenvalue weighted by Crippen LogP contribution is 2.41. The standard InChI is InChI=1S/C51H32N4O/c1-4-15-33(16-5-1)36-21-12-22-37(31-36)50-52-49(35-19-8-3-9-20-35)53-51(54-50)43-27-14-25-41-40-23-10-11-28-45(40)55(47(41)43)38-29-30-46-44(32-38)42-26-13-24-39(48(42)56-46)34-17-6-2-7-18-34/h1-32H. The predicted molar refractivity (Wildman–Crippen MR) is 229 cm³/mol. The van der Waals surface area contributed by atoms with Gasteiger partial charge in [0.05, 0.1) is 11.0 Å². The van der Waals surface area contributed by atoms with Gasteiger partial charge in [0.2, 0.25) is 0 Å². The topological polar surface area (TPSA) is 56.7 Å². The third-order valence-electron chi connectivity index (χ3n) is 10.7. The molecule has 0 atom stereocenters. The van der Waals surface area contributed by atoms with Crippen molar-refractivity contribution in [3.8, 4) is 62.1 Å². The molecule has 0 spiro atoms. The number of aromatic nitrogens is 4. The van der Waals surface area contributed by atoms with Crippen LogP contribution in [0.15, 0.2) is 199 Å². The van der Waals surface area contributed by atoms with E-state index in [9.17, 15) is 0 Å². The molecule has 262 valence electrons. The third kappa shape index (κ3) is 5.29. The summed E-state index contributed by atoms with van der Waals surface area (Å²) >= 11 is 0. The lowest BCUT2D eigenvalue weighted by Crippen LogP contribution is -2.02. The molecule has 0 unspecified atom stereocenters. The van der Waals surface area contributed by atoms with Crippen molar-refractivity contribution >= 4 is 43.7 Å². The lowest BCUT2D eigenvalue weighted by atomic mass is 10.0. The van der Waals surface area contributed by atoms with Crippen molar-refractivity contribution in [2.45, 2.75) is 0 Å². The fourth-order valence-corrected chi connectivity index (χ4v) is 8.05. The summed E-state index contributed by atoms with van der Waals surface area (Å²) in [7, 11) is 0. The Balaban J connectivity index is 1.15. The number of hydrogen-bond acceptors (Lipinski definition) is 4. The van der Waals surface area contributed by atoms with Gasteiger partial charge in [0.15, 0.2) is 17.5 Å².